The summed E-state index contributed by atoms with van der Waals surface area (Å²) in [7, 11) is 1.66. The summed E-state index contributed by atoms with van der Waals surface area (Å²) in [6, 6.07) is 9.84. The summed E-state index contributed by atoms with van der Waals surface area (Å²) in [5, 5.41) is 7.15. The zero-order valence-electron chi connectivity index (χ0n) is 14.3. The van der Waals surface area contributed by atoms with Crippen LogP contribution in [0, 0.1) is 0 Å². The first kappa shape index (κ1) is 15.9. The monoisotopic (exact) mass is 338 g/mol. The fourth-order valence-corrected chi connectivity index (χ4v) is 3.37. The molecule has 0 aliphatic carbocycles. The van der Waals surface area contributed by atoms with E-state index in [2.05, 4.69) is 26.1 Å². The molecule has 1 aliphatic heterocycles. The maximum absolute atomic E-state index is 5.65. The number of nitrogens with zero attached hydrogens (tertiary/aromatic N) is 3. The van der Waals surface area contributed by atoms with Gasteiger partial charge in [0.2, 0.25) is 5.89 Å². The molecule has 2 aromatic heterocycles. The molecule has 0 unspecified atom stereocenters. The second-order valence-electron chi connectivity index (χ2n) is 6.43. The fourth-order valence-electron chi connectivity index (χ4n) is 3.37. The number of likely N-dealkylation sites (tertiary alicyclic amines) is 1. The molecule has 0 saturated carbocycles. The van der Waals surface area contributed by atoms with Crippen LogP contribution in [-0.4, -0.2) is 40.3 Å². The summed E-state index contributed by atoms with van der Waals surface area (Å²) in [5.74, 6) is 2.08. The van der Waals surface area contributed by atoms with E-state index in [0.29, 0.717) is 11.8 Å². The number of nitrogens with one attached hydrogen (secondary N) is 1. The van der Waals surface area contributed by atoms with E-state index in [1.165, 1.54) is 5.69 Å². The Morgan fingerprint density at radius 2 is 2.00 bits per heavy atom. The Morgan fingerprint density at radius 1 is 1.20 bits per heavy atom. The maximum Gasteiger partial charge on any atom is 0.226 e. The molecule has 0 atom stereocenters. The SMILES string of the molecule is COc1ccc(-c2nc(CN3CCC(c4ccn[nH]4)CC3)co2)cc1. The topological polar surface area (TPSA) is 67.2 Å². The highest BCUT2D eigenvalue weighted by molar-refractivity contribution is 5.54. The fraction of sp³-hybridized carbons (Fsp3) is 0.368. The molecule has 6 nitrogen and oxygen atoms in total. The number of H-pyrrole nitrogens is 1. The van der Waals surface area contributed by atoms with Gasteiger partial charge >= 0.3 is 0 Å². The number of oxazole rings is 1. The molecule has 0 amide bonds. The van der Waals surface area contributed by atoms with Crippen LogP contribution in [-0.2, 0) is 6.54 Å². The van der Waals surface area contributed by atoms with Crippen LogP contribution in [0.25, 0.3) is 11.5 Å². The first-order valence-electron chi connectivity index (χ1n) is 8.62. The van der Waals surface area contributed by atoms with Crippen molar-refractivity contribution in [3.8, 4) is 17.2 Å². The van der Waals surface area contributed by atoms with Crippen molar-refractivity contribution in [3.05, 3.63) is 54.2 Å². The Kier molecular flexibility index (Phi) is 4.52. The average molecular weight is 338 g/mol. The van der Waals surface area contributed by atoms with Crippen LogP contribution in [0.4, 0.5) is 0 Å². The van der Waals surface area contributed by atoms with Gasteiger partial charge in [-0.15, -0.1) is 0 Å². The molecule has 0 radical (unpaired) electrons. The number of hydrogen-bond acceptors (Lipinski definition) is 5. The molecule has 1 saturated heterocycles. The highest BCUT2D eigenvalue weighted by atomic mass is 16.5. The highest BCUT2D eigenvalue weighted by Crippen LogP contribution is 2.27. The van der Waals surface area contributed by atoms with Crippen LogP contribution < -0.4 is 4.74 Å². The molecule has 25 heavy (non-hydrogen) atoms. The molecule has 0 bridgehead atoms. The Hall–Kier alpha value is -2.60. The van der Waals surface area contributed by atoms with Crippen molar-refractivity contribution in [2.24, 2.45) is 0 Å². The van der Waals surface area contributed by atoms with Gasteiger partial charge in [0.15, 0.2) is 0 Å². The molecule has 1 aromatic carbocycles. The molecule has 6 heteroatoms. The molecular formula is C19H22N4O2. The van der Waals surface area contributed by atoms with Gasteiger partial charge in [0, 0.05) is 29.9 Å². The van der Waals surface area contributed by atoms with Gasteiger partial charge in [0.05, 0.1) is 12.8 Å². The summed E-state index contributed by atoms with van der Waals surface area (Å²) >= 11 is 0. The van der Waals surface area contributed by atoms with E-state index >= 15 is 0 Å². The Bertz CT molecular complexity index is 787. The van der Waals surface area contributed by atoms with Crippen molar-refractivity contribution in [1.29, 1.82) is 0 Å². The molecule has 0 spiro atoms. The Morgan fingerprint density at radius 3 is 2.68 bits per heavy atom. The molecule has 130 valence electrons. The second kappa shape index (κ2) is 7.11. The van der Waals surface area contributed by atoms with Gasteiger partial charge in [-0.05, 0) is 56.3 Å². The largest absolute Gasteiger partial charge is 0.497 e. The van der Waals surface area contributed by atoms with E-state index in [1.807, 2.05) is 30.5 Å². The number of aromatic amines is 1. The third-order valence-electron chi connectivity index (χ3n) is 4.82. The summed E-state index contributed by atoms with van der Waals surface area (Å²) in [6.45, 7) is 2.96. The van der Waals surface area contributed by atoms with Crippen LogP contribution in [0.3, 0.4) is 0 Å². The average Bonchev–Trinajstić information content (AvgIpc) is 3.35. The van der Waals surface area contributed by atoms with Crippen molar-refractivity contribution >= 4 is 0 Å². The highest BCUT2D eigenvalue weighted by Gasteiger charge is 2.22. The molecule has 1 aliphatic rings. The van der Waals surface area contributed by atoms with Crippen LogP contribution in [0.2, 0.25) is 0 Å². The van der Waals surface area contributed by atoms with Crippen molar-refractivity contribution < 1.29 is 9.15 Å². The minimum Gasteiger partial charge on any atom is -0.497 e. The van der Waals surface area contributed by atoms with Gasteiger partial charge in [-0.3, -0.25) is 10.00 Å². The van der Waals surface area contributed by atoms with Gasteiger partial charge < -0.3 is 9.15 Å². The number of hydrogen-bond donors (Lipinski definition) is 1. The third-order valence-corrected chi connectivity index (χ3v) is 4.82. The van der Waals surface area contributed by atoms with Gasteiger partial charge in [-0.2, -0.15) is 5.10 Å². The van der Waals surface area contributed by atoms with Crippen LogP contribution in [0.1, 0.15) is 30.1 Å². The molecule has 3 aromatic rings. The minimum atomic E-state index is 0.589. The van der Waals surface area contributed by atoms with Crippen molar-refractivity contribution in [1.82, 2.24) is 20.1 Å². The zero-order chi connectivity index (χ0) is 17.1. The predicted molar refractivity (Wildman–Crippen MR) is 94.3 cm³/mol. The lowest BCUT2D eigenvalue weighted by Crippen LogP contribution is -2.32. The molecule has 4 rings (SSSR count). The van der Waals surface area contributed by atoms with Crippen LogP contribution in [0.5, 0.6) is 5.75 Å². The number of rotatable bonds is 5. The summed E-state index contributed by atoms with van der Waals surface area (Å²) in [6.07, 6.45) is 5.88. The summed E-state index contributed by atoms with van der Waals surface area (Å²) in [5.41, 5.74) is 3.19. The van der Waals surface area contributed by atoms with Crippen LogP contribution in [0.15, 0.2) is 47.2 Å². The van der Waals surface area contributed by atoms with Crippen molar-refractivity contribution in [3.63, 3.8) is 0 Å². The molecule has 1 N–H and O–H groups in total. The standard InChI is InChI=1S/C19H22N4O2/c1-24-17-4-2-15(3-5-17)19-21-16(13-25-19)12-23-10-7-14(8-11-23)18-6-9-20-22-18/h2-6,9,13-14H,7-8,10-12H2,1H3,(H,20,22). The van der Waals surface area contributed by atoms with Crippen LogP contribution >= 0.6 is 0 Å². The predicted octanol–water partition coefficient (Wildman–Crippen LogP) is 3.45. The lowest BCUT2D eigenvalue weighted by Gasteiger charge is -2.30. The Balaban J connectivity index is 1.35. The third kappa shape index (κ3) is 3.58. The lowest BCUT2D eigenvalue weighted by molar-refractivity contribution is 0.201. The number of ether oxygens (including phenoxy) is 1. The normalized spacial score (nSPS) is 16.2. The van der Waals surface area contributed by atoms with Crippen molar-refractivity contribution in [2.45, 2.75) is 25.3 Å². The van der Waals surface area contributed by atoms with E-state index < -0.39 is 0 Å². The van der Waals surface area contributed by atoms with E-state index in [-0.39, 0.29) is 0 Å². The molecule has 1 fully saturated rings. The zero-order valence-corrected chi connectivity index (χ0v) is 14.3. The first-order chi connectivity index (χ1) is 12.3. The smallest absolute Gasteiger partial charge is 0.226 e. The quantitative estimate of drug-likeness (QED) is 0.772. The lowest BCUT2D eigenvalue weighted by atomic mass is 9.94. The van der Waals surface area contributed by atoms with Gasteiger partial charge in [-0.1, -0.05) is 0 Å². The number of aromatic nitrogens is 3. The number of methoxy groups -OCH3 is 1. The van der Waals surface area contributed by atoms with E-state index in [9.17, 15) is 0 Å². The first-order valence-corrected chi connectivity index (χ1v) is 8.62. The second-order valence-corrected chi connectivity index (χ2v) is 6.43. The number of benzene rings is 1. The van der Waals surface area contributed by atoms with Gasteiger partial charge in [0.1, 0.15) is 12.0 Å². The summed E-state index contributed by atoms with van der Waals surface area (Å²) < 4.78 is 10.8. The number of piperidine rings is 1. The summed E-state index contributed by atoms with van der Waals surface area (Å²) in [4.78, 5) is 7.07. The molecular weight excluding hydrogens is 316 g/mol. The van der Waals surface area contributed by atoms with Gasteiger partial charge in [-0.25, -0.2) is 4.98 Å². The minimum absolute atomic E-state index is 0.589. The Labute approximate surface area is 146 Å². The van der Waals surface area contributed by atoms with E-state index in [1.54, 1.807) is 13.4 Å². The molecule has 3 heterocycles. The maximum atomic E-state index is 5.65. The van der Waals surface area contributed by atoms with E-state index in [0.717, 1.165) is 49.5 Å². The van der Waals surface area contributed by atoms with Crippen molar-refractivity contribution in [2.75, 3.05) is 20.2 Å². The van der Waals surface area contributed by atoms with Gasteiger partial charge in [0.25, 0.3) is 0 Å². The van der Waals surface area contributed by atoms with E-state index in [4.69, 9.17) is 9.15 Å².